The van der Waals surface area contributed by atoms with Crippen molar-refractivity contribution >= 4 is 5.71 Å². The number of hydrogen-bond acceptors (Lipinski definition) is 4. The molecular formula is C21H30N2O2. The highest BCUT2D eigenvalue weighted by Gasteiger charge is 2.41. The summed E-state index contributed by atoms with van der Waals surface area (Å²) in [7, 11) is 0. The number of likely N-dealkylation sites (N-methyl/N-ethyl adjacent to an activating group) is 1. The number of rotatable bonds is 4. The SMILES string of the molecule is CCN(CC)C1(C)Cc2oc(=O)c(C3=NC(C)=CCC3)cc2CC1C. The van der Waals surface area contributed by atoms with Crippen LogP contribution < -0.4 is 5.63 Å². The summed E-state index contributed by atoms with van der Waals surface area (Å²) in [6.45, 7) is 13.0. The second-order valence-electron chi connectivity index (χ2n) is 7.65. The molecule has 3 rings (SSSR count). The number of allylic oxidation sites excluding steroid dienone is 2. The average molecular weight is 342 g/mol. The fraction of sp³-hybridized carbons (Fsp3) is 0.619. The van der Waals surface area contributed by atoms with Crippen LogP contribution in [-0.4, -0.2) is 29.2 Å². The third-order valence-corrected chi connectivity index (χ3v) is 6.15. The van der Waals surface area contributed by atoms with Crippen molar-refractivity contribution in [3.63, 3.8) is 0 Å². The Morgan fingerprint density at radius 1 is 1.36 bits per heavy atom. The maximum Gasteiger partial charge on any atom is 0.345 e. The van der Waals surface area contributed by atoms with Crippen LogP contribution in [0, 0.1) is 5.92 Å². The Bertz CT molecular complexity index is 771. The minimum atomic E-state index is -0.233. The highest BCUT2D eigenvalue weighted by molar-refractivity contribution is 6.01. The van der Waals surface area contributed by atoms with Gasteiger partial charge in [0.05, 0.1) is 11.3 Å². The molecule has 0 saturated heterocycles. The summed E-state index contributed by atoms with van der Waals surface area (Å²) in [6.07, 6.45) is 5.61. The average Bonchev–Trinajstić information content (AvgIpc) is 2.57. The van der Waals surface area contributed by atoms with Gasteiger partial charge < -0.3 is 4.42 Å². The largest absolute Gasteiger partial charge is 0.427 e. The van der Waals surface area contributed by atoms with E-state index in [2.05, 4.69) is 49.7 Å². The smallest absolute Gasteiger partial charge is 0.345 e. The molecule has 0 amide bonds. The lowest BCUT2D eigenvalue weighted by Gasteiger charge is -2.47. The lowest BCUT2D eigenvalue weighted by atomic mass is 9.72. The highest BCUT2D eigenvalue weighted by atomic mass is 16.4. The van der Waals surface area contributed by atoms with Gasteiger partial charge in [0.1, 0.15) is 5.76 Å². The molecule has 0 N–H and O–H groups in total. The van der Waals surface area contributed by atoms with Crippen LogP contribution in [0.5, 0.6) is 0 Å². The van der Waals surface area contributed by atoms with E-state index >= 15 is 0 Å². The van der Waals surface area contributed by atoms with Crippen LogP contribution in [0.4, 0.5) is 0 Å². The zero-order valence-electron chi connectivity index (χ0n) is 16.2. The van der Waals surface area contributed by atoms with E-state index in [0.717, 1.165) is 55.9 Å². The third-order valence-electron chi connectivity index (χ3n) is 6.15. The maximum absolute atomic E-state index is 12.6. The topological polar surface area (TPSA) is 45.8 Å². The van der Waals surface area contributed by atoms with Crippen molar-refractivity contribution in [2.45, 2.75) is 65.8 Å². The van der Waals surface area contributed by atoms with Crippen molar-refractivity contribution in [1.29, 1.82) is 0 Å². The van der Waals surface area contributed by atoms with Gasteiger partial charge in [-0.05, 0) is 63.7 Å². The molecule has 0 saturated carbocycles. The fourth-order valence-corrected chi connectivity index (χ4v) is 4.42. The number of nitrogens with zero attached hydrogens (tertiary/aromatic N) is 2. The van der Waals surface area contributed by atoms with Gasteiger partial charge in [0.25, 0.3) is 0 Å². The van der Waals surface area contributed by atoms with Crippen molar-refractivity contribution in [2.75, 3.05) is 13.1 Å². The van der Waals surface area contributed by atoms with Gasteiger partial charge in [0.15, 0.2) is 0 Å². The standard InChI is InChI=1S/C21H30N2O2/c1-6-23(7-2)21(5)13-19-16(11-14(21)3)12-17(20(24)25-19)18-10-8-9-15(4)22-18/h9,12,14H,6-8,10-11,13H2,1-5H3. The number of aliphatic imine (C=N–C) groups is 1. The van der Waals surface area contributed by atoms with Gasteiger partial charge in [-0.2, -0.15) is 0 Å². The Balaban J connectivity index is 2.00. The zero-order chi connectivity index (χ0) is 18.2. The number of fused-ring (bicyclic) bond motifs is 1. The molecule has 0 aromatic carbocycles. The summed E-state index contributed by atoms with van der Waals surface area (Å²) in [4.78, 5) is 19.7. The Morgan fingerprint density at radius 3 is 2.72 bits per heavy atom. The molecular weight excluding hydrogens is 312 g/mol. The van der Waals surface area contributed by atoms with Gasteiger partial charge in [-0.25, -0.2) is 4.79 Å². The monoisotopic (exact) mass is 342 g/mol. The van der Waals surface area contributed by atoms with Crippen LogP contribution in [0.25, 0.3) is 0 Å². The molecule has 0 radical (unpaired) electrons. The van der Waals surface area contributed by atoms with Gasteiger partial charge >= 0.3 is 5.63 Å². The van der Waals surface area contributed by atoms with Crippen molar-refractivity contribution in [3.05, 3.63) is 45.1 Å². The van der Waals surface area contributed by atoms with Crippen molar-refractivity contribution < 1.29 is 4.42 Å². The molecule has 4 nitrogen and oxygen atoms in total. The third kappa shape index (κ3) is 3.24. The van der Waals surface area contributed by atoms with Gasteiger partial charge in [0, 0.05) is 17.7 Å². The Morgan fingerprint density at radius 2 is 2.08 bits per heavy atom. The first-order valence-corrected chi connectivity index (χ1v) is 9.54. The van der Waals surface area contributed by atoms with Crippen molar-refractivity contribution in [2.24, 2.45) is 10.9 Å². The van der Waals surface area contributed by atoms with Crippen LogP contribution in [-0.2, 0) is 12.8 Å². The first-order valence-electron chi connectivity index (χ1n) is 9.54. The van der Waals surface area contributed by atoms with Gasteiger partial charge in [0.2, 0.25) is 0 Å². The molecule has 2 unspecified atom stereocenters. The van der Waals surface area contributed by atoms with E-state index in [-0.39, 0.29) is 11.2 Å². The summed E-state index contributed by atoms with van der Waals surface area (Å²) in [6, 6.07) is 2.05. The van der Waals surface area contributed by atoms with E-state index in [1.54, 1.807) is 0 Å². The van der Waals surface area contributed by atoms with Gasteiger partial charge in [-0.3, -0.25) is 9.89 Å². The minimum Gasteiger partial charge on any atom is -0.427 e. The van der Waals surface area contributed by atoms with Crippen molar-refractivity contribution in [1.82, 2.24) is 4.90 Å². The summed E-state index contributed by atoms with van der Waals surface area (Å²) >= 11 is 0. The minimum absolute atomic E-state index is 0.0373. The summed E-state index contributed by atoms with van der Waals surface area (Å²) in [5.74, 6) is 1.38. The van der Waals surface area contributed by atoms with E-state index < -0.39 is 0 Å². The second-order valence-corrected chi connectivity index (χ2v) is 7.65. The molecule has 1 aromatic heterocycles. The predicted octanol–water partition coefficient (Wildman–Crippen LogP) is 3.96. The summed E-state index contributed by atoms with van der Waals surface area (Å²) in [5, 5.41) is 0. The lowest BCUT2D eigenvalue weighted by molar-refractivity contribution is 0.0478. The second kappa shape index (κ2) is 6.91. The molecule has 136 valence electrons. The molecule has 25 heavy (non-hydrogen) atoms. The molecule has 0 bridgehead atoms. The molecule has 1 aliphatic carbocycles. The summed E-state index contributed by atoms with van der Waals surface area (Å²) < 4.78 is 5.82. The summed E-state index contributed by atoms with van der Waals surface area (Å²) in [5.41, 5.74) is 3.51. The molecule has 2 atom stereocenters. The molecule has 1 aromatic rings. The van der Waals surface area contributed by atoms with Crippen LogP contribution in [0.3, 0.4) is 0 Å². The zero-order valence-corrected chi connectivity index (χ0v) is 16.2. The van der Waals surface area contributed by atoms with Gasteiger partial charge in [-0.15, -0.1) is 0 Å². The maximum atomic E-state index is 12.6. The van der Waals surface area contributed by atoms with E-state index in [9.17, 15) is 4.79 Å². The molecule has 0 fully saturated rings. The van der Waals surface area contributed by atoms with Crippen LogP contribution in [0.1, 0.15) is 64.3 Å². The lowest BCUT2D eigenvalue weighted by Crippen LogP contribution is -2.55. The first kappa shape index (κ1) is 18.1. The van der Waals surface area contributed by atoms with Crippen molar-refractivity contribution in [3.8, 4) is 0 Å². The quantitative estimate of drug-likeness (QED) is 0.832. The molecule has 4 heteroatoms. The van der Waals surface area contributed by atoms with E-state index in [1.807, 2.05) is 6.92 Å². The van der Waals surface area contributed by atoms with E-state index in [4.69, 9.17) is 4.42 Å². The molecule has 2 heterocycles. The van der Waals surface area contributed by atoms with Crippen LogP contribution in [0.15, 0.2) is 32.0 Å². The highest BCUT2D eigenvalue weighted by Crippen LogP contribution is 2.37. The number of hydrogen-bond donors (Lipinski definition) is 0. The molecule has 2 aliphatic rings. The normalized spacial score (nSPS) is 26.2. The molecule has 0 spiro atoms. The Hall–Kier alpha value is -1.68. The van der Waals surface area contributed by atoms with E-state index in [0.29, 0.717) is 11.5 Å². The molecule has 1 aliphatic heterocycles. The van der Waals surface area contributed by atoms with E-state index in [1.165, 1.54) is 5.56 Å². The Kier molecular flexibility index (Phi) is 5.01. The fourth-order valence-electron chi connectivity index (χ4n) is 4.42. The predicted molar refractivity (Wildman–Crippen MR) is 102 cm³/mol. The van der Waals surface area contributed by atoms with Gasteiger partial charge in [-0.1, -0.05) is 26.8 Å². The first-order chi connectivity index (χ1) is 11.9. The van der Waals surface area contributed by atoms with Crippen LogP contribution in [0.2, 0.25) is 0 Å². The Labute approximate surface area is 150 Å². The van der Waals surface area contributed by atoms with Crippen LogP contribution >= 0.6 is 0 Å².